The zero-order valence-corrected chi connectivity index (χ0v) is 16.7. The molecule has 2 aromatic rings. The van der Waals surface area contributed by atoms with Gasteiger partial charge in [0.2, 0.25) is 5.91 Å². The number of carbonyl (C=O) groups is 1. The van der Waals surface area contributed by atoms with Gasteiger partial charge in [-0.1, -0.05) is 53.6 Å². The molecule has 4 heteroatoms. The van der Waals surface area contributed by atoms with Gasteiger partial charge in [0, 0.05) is 31.1 Å². The van der Waals surface area contributed by atoms with Crippen molar-refractivity contribution in [1.82, 2.24) is 10.2 Å². The van der Waals surface area contributed by atoms with Crippen LogP contribution in [0.1, 0.15) is 36.5 Å². The minimum atomic E-state index is -0.625. The molecule has 0 aromatic heterocycles. The number of nitrogens with zero attached hydrogens (tertiary/aromatic N) is 1. The Morgan fingerprint density at radius 3 is 2.50 bits per heavy atom. The number of hydrogen-bond acceptors (Lipinski definition) is 2. The number of benzene rings is 2. The van der Waals surface area contributed by atoms with Gasteiger partial charge in [-0.2, -0.15) is 0 Å². The second-order valence-electron chi connectivity index (χ2n) is 7.79. The van der Waals surface area contributed by atoms with Gasteiger partial charge >= 0.3 is 0 Å². The summed E-state index contributed by atoms with van der Waals surface area (Å²) in [6, 6.07) is 16.4. The predicted molar refractivity (Wildman–Crippen MR) is 108 cm³/mol. The molecule has 3 rings (SSSR count). The molecule has 0 spiro atoms. The van der Waals surface area contributed by atoms with E-state index in [0.717, 1.165) is 18.7 Å². The number of likely N-dealkylation sites (N-methyl/N-ethyl adjacent to an activating group) is 1. The molecule has 0 saturated carbocycles. The van der Waals surface area contributed by atoms with Gasteiger partial charge in [-0.3, -0.25) is 4.79 Å². The summed E-state index contributed by atoms with van der Waals surface area (Å²) in [5.74, 6) is 0.422. The molecule has 1 amide bonds. The maximum absolute atomic E-state index is 13.3. The Balaban J connectivity index is 1.83. The first-order valence-electron chi connectivity index (χ1n) is 9.11. The van der Waals surface area contributed by atoms with E-state index in [1.54, 1.807) is 0 Å². The van der Waals surface area contributed by atoms with E-state index in [1.807, 2.05) is 50.1 Å². The van der Waals surface area contributed by atoms with Gasteiger partial charge in [0.05, 0.1) is 11.5 Å². The number of halogens is 1. The zero-order chi connectivity index (χ0) is 18.9. The van der Waals surface area contributed by atoms with E-state index >= 15 is 0 Å². The van der Waals surface area contributed by atoms with E-state index in [2.05, 4.69) is 36.5 Å². The van der Waals surface area contributed by atoms with Crippen molar-refractivity contribution in [2.24, 2.45) is 0 Å². The van der Waals surface area contributed by atoms with E-state index in [1.165, 1.54) is 11.1 Å². The SMILES string of the molecule is Cc1ccc([C@@H]2CNC[C@H]2N(C)C(=O)C(C)(C)c2cccc(Cl)c2)cc1. The Morgan fingerprint density at radius 2 is 1.85 bits per heavy atom. The van der Waals surface area contributed by atoms with Gasteiger partial charge in [-0.05, 0) is 44.0 Å². The van der Waals surface area contributed by atoms with Crippen LogP contribution in [-0.2, 0) is 10.2 Å². The van der Waals surface area contributed by atoms with Gasteiger partial charge in [-0.15, -0.1) is 0 Å². The van der Waals surface area contributed by atoms with Crippen LogP contribution in [0, 0.1) is 6.92 Å². The molecular formula is C22H27ClN2O. The molecule has 2 atom stereocenters. The van der Waals surface area contributed by atoms with Crippen molar-refractivity contribution in [2.75, 3.05) is 20.1 Å². The summed E-state index contributed by atoms with van der Waals surface area (Å²) in [5.41, 5.74) is 2.85. The van der Waals surface area contributed by atoms with Crippen LogP contribution in [0.2, 0.25) is 5.02 Å². The molecule has 26 heavy (non-hydrogen) atoms. The lowest BCUT2D eigenvalue weighted by Crippen LogP contribution is -2.48. The second kappa shape index (κ2) is 7.42. The minimum absolute atomic E-state index is 0.116. The summed E-state index contributed by atoms with van der Waals surface area (Å²) < 4.78 is 0. The molecule has 1 heterocycles. The van der Waals surface area contributed by atoms with E-state index in [0.29, 0.717) is 10.9 Å². The molecule has 138 valence electrons. The highest BCUT2D eigenvalue weighted by Gasteiger charge is 2.39. The first-order valence-corrected chi connectivity index (χ1v) is 9.49. The molecule has 0 unspecified atom stereocenters. The van der Waals surface area contributed by atoms with Gasteiger partial charge in [0.1, 0.15) is 0 Å². The molecule has 0 radical (unpaired) electrons. The highest BCUT2D eigenvalue weighted by molar-refractivity contribution is 6.30. The number of rotatable bonds is 4. The van der Waals surface area contributed by atoms with Crippen LogP contribution in [0.15, 0.2) is 48.5 Å². The average Bonchev–Trinajstić information content (AvgIpc) is 3.10. The Hall–Kier alpha value is -1.84. The topological polar surface area (TPSA) is 32.3 Å². The average molecular weight is 371 g/mol. The fraction of sp³-hybridized carbons (Fsp3) is 0.409. The lowest BCUT2D eigenvalue weighted by molar-refractivity contribution is -0.137. The molecule has 1 aliphatic heterocycles. The van der Waals surface area contributed by atoms with Crippen LogP contribution in [0.25, 0.3) is 0 Å². The number of amides is 1. The standard InChI is InChI=1S/C22H27ClN2O/c1-15-8-10-16(11-9-15)19-13-24-14-20(19)25(4)21(26)22(2,3)17-6-5-7-18(23)12-17/h5-12,19-20,24H,13-14H2,1-4H3/t19-,20+/m0/s1. The van der Waals surface area contributed by atoms with Crippen LogP contribution in [0.3, 0.4) is 0 Å². The monoisotopic (exact) mass is 370 g/mol. The summed E-state index contributed by atoms with van der Waals surface area (Å²) in [7, 11) is 1.92. The van der Waals surface area contributed by atoms with E-state index in [9.17, 15) is 4.79 Å². The van der Waals surface area contributed by atoms with E-state index in [4.69, 9.17) is 11.6 Å². The fourth-order valence-corrected chi connectivity index (χ4v) is 4.01. The van der Waals surface area contributed by atoms with Crippen molar-refractivity contribution in [2.45, 2.75) is 38.1 Å². The highest BCUT2D eigenvalue weighted by atomic mass is 35.5. The molecule has 1 aliphatic rings. The quantitative estimate of drug-likeness (QED) is 0.877. The third kappa shape index (κ3) is 3.65. The van der Waals surface area contributed by atoms with Crippen LogP contribution < -0.4 is 5.32 Å². The third-order valence-electron chi connectivity index (χ3n) is 5.59. The van der Waals surface area contributed by atoms with Crippen molar-refractivity contribution in [3.63, 3.8) is 0 Å². The smallest absolute Gasteiger partial charge is 0.232 e. The third-order valence-corrected chi connectivity index (χ3v) is 5.82. The fourth-order valence-electron chi connectivity index (χ4n) is 3.82. The number of carbonyl (C=O) groups excluding carboxylic acids is 1. The van der Waals surface area contributed by atoms with Crippen molar-refractivity contribution in [3.05, 3.63) is 70.2 Å². The van der Waals surface area contributed by atoms with Crippen LogP contribution in [0.5, 0.6) is 0 Å². The Bertz CT molecular complexity index is 785. The summed E-state index contributed by atoms with van der Waals surface area (Å²) in [6.07, 6.45) is 0. The number of aryl methyl sites for hydroxylation is 1. The number of nitrogens with one attached hydrogen (secondary N) is 1. The summed E-state index contributed by atoms with van der Waals surface area (Å²) in [4.78, 5) is 15.3. The maximum atomic E-state index is 13.3. The van der Waals surface area contributed by atoms with E-state index in [-0.39, 0.29) is 11.9 Å². The van der Waals surface area contributed by atoms with Gasteiger partial charge in [-0.25, -0.2) is 0 Å². The Morgan fingerprint density at radius 1 is 1.15 bits per heavy atom. The largest absolute Gasteiger partial charge is 0.340 e. The Kier molecular flexibility index (Phi) is 5.40. The molecule has 0 bridgehead atoms. The lowest BCUT2D eigenvalue weighted by atomic mass is 9.82. The molecule has 1 N–H and O–H groups in total. The molecule has 1 fully saturated rings. The highest BCUT2D eigenvalue weighted by Crippen LogP contribution is 2.32. The summed E-state index contributed by atoms with van der Waals surface area (Å²) >= 11 is 6.14. The molecule has 3 nitrogen and oxygen atoms in total. The zero-order valence-electron chi connectivity index (χ0n) is 15.9. The van der Waals surface area contributed by atoms with Crippen LogP contribution in [0.4, 0.5) is 0 Å². The first kappa shape index (κ1) is 18.9. The van der Waals surface area contributed by atoms with Crippen LogP contribution >= 0.6 is 11.6 Å². The molecular weight excluding hydrogens is 344 g/mol. The van der Waals surface area contributed by atoms with E-state index < -0.39 is 5.41 Å². The number of hydrogen-bond donors (Lipinski definition) is 1. The normalized spacial score (nSPS) is 20.2. The van der Waals surface area contributed by atoms with Crippen molar-refractivity contribution in [1.29, 1.82) is 0 Å². The molecule has 1 saturated heterocycles. The van der Waals surface area contributed by atoms with Gasteiger partial charge in [0.25, 0.3) is 0 Å². The maximum Gasteiger partial charge on any atom is 0.232 e. The molecule has 2 aromatic carbocycles. The Labute approximate surface area is 161 Å². The predicted octanol–water partition coefficient (Wildman–Crippen LogP) is 4.14. The molecule has 0 aliphatic carbocycles. The van der Waals surface area contributed by atoms with Crippen LogP contribution in [-0.4, -0.2) is 37.0 Å². The lowest BCUT2D eigenvalue weighted by Gasteiger charge is -2.36. The second-order valence-corrected chi connectivity index (χ2v) is 8.23. The van der Waals surface area contributed by atoms with Crippen molar-refractivity contribution >= 4 is 17.5 Å². The summed E-state index contributed by atoms with van der Waals surface area (Å²) in [6.45, 7) is 7.74. The van der Waals surface area contributed by atoms with Gasteiger partial charge < -0.3 is 10.2 Å². The van der Waals surface area contributed by atoms with Gasteiger partial charge in [0.15, 0.2) is 0 Å². The first-order chi connectivity index (χ1) is 12.3. The van der Waals surface area contributed by atoms with Crippen molar-refractivity contribution in [3.8, 4) is 0 Å². The van der Waals surface area contributed by atoms with Crippen molar-refractivity contribution < 1.29 is 4.79 Å². The minimum Gasteiger partial charge on any atom is -0.340 e. The summed E-state index contributed by atoms with van der Waals surface area (Å²) in [5, 5.41) is 4.12.